The summed E-state index contributed by atoms with van der Waals surface area (Å²) in [6, 6.07) is 18.2. The quantitative estimate of drug-likeness (QED) is 0.436. The van der Waals surface area contributed by atoms with Gasteiger partial charge in [-0.25, -0.2) is 9.18 Å². The molecular weight excluding hydrogens is 407 g/mol. The molecule has 0 aliphatic carbocycles. The summed E-state index contributed by atoms with van der Waals surface area (Å²) >= 11 is 0. The number of halogens is 1. The summed E-state index contributed by atoms with van der Waals surface area (Å²) < 4.78 is 19.0. The van der Waals surface area contributed by atoms with Gasteiger partial charge in [-0.05, 0) is 66.9 Å². The van der Waals surface area contributed by atoms with Gasteiger partial charge >= 0.3 is 6.03 Å². The highest BCUT2D eigenvalue weighted by Gasteiger charge is 2.18. The van der Waals surface area contributed by atoms with E-state index < -0.39 is 0 Å². The highest BCUT2D eigenvalue weighted by molar-refractivity contribution is 5.89. The van der Waals surface area contributed by atoms with Crippen molar-refractivity contribution in [3.05, 3.63) is 111 Å². The fraction of sp³-hybridized carbons (Fsp3) is 0.154. The Kier molecular flexibility index (Phi) is 6.03. The molecule has 0 unspecified atom stereocenters. The second kappa shape index (κ2) is 9.06. The Morgan fingerprint density at radius 2 is 1.72 bits per heavy atom. The molecule has 5 nitrogen and oxygen atoms in total. The van der Waals surface area contributed by atoms with E-state index in [0.717, 1.165) is 16.7 Å². The normalized spacial score (nSPS) is 10.8. The molecule has 1 aromatic heterocycles. The predicted molar refractivity (Wildman–Crippen MR) is 123 cm³/mol. The minimum atomic E-state index is -0.370. The molecule has 0 bridgehead atoms. The molecule has 0 spiro atoms. The molecule has 162 valence electrons. The summed E-state index contributed by atoms with van der Waals surface area (Å²) in [6.07, 6.45) is 1.39. The van der Waals surface area contributed by atoms with Crippen LogP contribution in [0, 0.1) is 19.7 Å². The van der Waals surface area contributed by atoms with Crippen LogP contribution in [0.15, 0.2) is 82.2 Å². The Bertz CT molecular complexity index is 1330. The summed E-state index contributed by atoms with van der Waals surface area (Å²) in [6.45, 7) is 4.22. The van der Waals surface area contributed by atoms with E-state index in [1.165, 1.54) is 23.3 Å². The lowest BCUT2D eigenvalue weighted by Crippen LogP contribution is -2.35. The van der Waals surface area contributed by atoms with Crippen LogP contribution >= 0.6 is 0 Å². The van der Waals surface area contributed by atoms with Crippen LogP contribution in [0.2, 0.25) is 0 Å². The Balaban J connectivity index is 1.64. The lowest BCUT2D eigenvalue weighted by Gasteiger charge is -2.23. The lowest BCUT2D eigenvalue weighted by atomic mass is 10.1. The maximum absolute atomic E-state index is 13.3. The number of fused-ring (bicyclic) bond motifs is 1. The molecule has 0 atom stereocenters. The van der Waals surface area contributed by atoms with E-state index in [1.807, 2.05) is 32.0 Å². The van der Waals surface area contributed by atoms with E-state index in [9.17, 15) is 14.0 Å². The zero-order valence-corrected chi connectivity index (χ0v) is 17.9. The van der Waals surface area contributed by atoms with Crippen LogP contribution in [-0.2, 0) is 13.1 Å². The van der Waals surface area contributed by atoms with E-state index >= 15 is 0 Å². The molecular formula is C26H23FN2O3. The molecule has 0 radical (unpaired) electrons. The number of aryl methyl sites for hydroxylation is 2. The van der Waals surface area contributed by atoms with Gasteiger partial charge < -0.3 is 14.6 Å². The minimum Gasteiger partial charge on any atom is -0.464 e. The van der Waals surface area contributed by atoms with Crippen molar-refractivity contribution in [3.63, 3.8) is 0 Å². The van der Waals surface area contributed by atoms with Gasteiger partial charge in [-0.1, -0.05) is 30.3 Å². The van der Waals surface area contributed by atoms with E-state index in [2.05, 4.69) is 5.32 Å². The first kappa shape index (κ1) is 21.3. The Morgan fingerprint density at radius 3 is 2.47 bits per heavy atom. The van der Waals surface area contributed by atoms with Crippen molar-refractivity contribution in [1.29, 1.82) is 0 Å². The first-order valence-corrected chi connectivity index (χ1v) is 10.3. The number of benzene rings is 3. The third-order valence-electron chi connectivity index (χ3n) is 5.44. The number of anilines is 1. The molecule has 32 heavy (non-hydrogen) atoms. The minimum absolute atomic E-state index is 0.0429. The summed E-state index contributed by atoms with van der Waals surface area (Å²) in [5.74, 6) is -0.352. The zero-order valence-electron chi connectivity index (χ0n) is 17.9. The Morgan fingerprint density at radius 1 is 0.969 bits per heavy atom. The van der Waals surface area contributed by atoms with E-state index in [-0.39, 0.29) is 30.4 Å². The summed E-state index contributed by atoms with van der Waals surface area (Å²) in [5, 5.41) is 3.36. The average molecular weight is 430 g/mol. The smallest absolute Gasteiger partial charge is 0.322 e. The monoisotopic (exact) mass is 430 g/mol. The van der Waals surface area contributed by atoms with E-state index in [0.29, 0.717) is 22.2 Å². The molecule has 6 heteroatoms. The number of carbonyl (C=O) groups is 1. The van der Waals surface area contributed by atoms with Gasteiger partial charge in [0.2, 0.25) is 0 Å². The third-order valence-corrected chi connectivity index (χ3v) is 5.44. The molecule has 2 amide bonds. The van der Waals surface area contributed by atoms with Crippen molar-refractivity contribution in [1.82, 2.24) is 4.90 Å². The van der Waals surface area contributed by atoms with Crippen molar-refractivity contribution in [3.8, 4) is 0 Å². The average Bonchev–Trinajstić information content (AvgIpc) is 2.79. The van der Waals surface area contributed by atoms with Crippen molar-refractivity contribution >= 4 is 22.7 Å². The standard InChI is InChI=1S/C26H23FN2O3/c1-17-7-12-22(13-18(17)2)28-26(31)29(14-19-8-10-21(27)11-9-19)15-20-16-32-24-6-4-3-5-23(24)25(20)30/h3-13,16H,14-15H2,1-2H3,(H,28,31). The van der Waals surface area contributed by atoms with Crippen molar-refractivity contribution in [2.75, 3.05) is 5.32 Å². The van der Waals surface area contributed by atoms with Crippen LogP contribution in [0.5, 0.6) is 0 Å². The highest BCUT2D eigenvalue weighted by Crippen LogP contribution is 2.18. The molecule has 0 aliphatic heterocycles. The largest absolute Gasteiger partial charge is 0.464 e. The number of hydrogen-bond acceptors (Lipinski definition) is 3. The number of nitrogens with zero attached hydrogens (tertiary/aromatic N) is 1. The molecule has 1 heterocycles. The van der Waals surface area contributed by atoms with Gasteiger partial charge in [-0.2, -0.15) is 0 Å². The van der Waals surface area contributed by atoms with E-state index in [4.69, 9.17) is 4.42 Å². The van der Waals surface area contributed by atoms with Gasteiger partial charge in [0.25, 0.3) is 0 Å². The van der Waals surface area contributed by atoms with Gasteiger partial charge in [-0.15, -0.1) is 0 Å². The second-order valence-corrected chi connectivity index (χ2v) is 7.80. The van der Waals surface area contributed by atoms with Crippen LogP contribution < -0.4 is 10.7 Å². The van der Waals surface area contributed by atoms with Crippen molar-refractivity contribution in [2.45, 2.75) is 26.9 Å². The maximum atomic E-state index is 13.3. The fourth-order valence-electron chi connectivity index (χ4n) is 3.46. The molecule has 3 aromatic carbocycles. The van der Waals surface area contributed by atoms with Crippen LogP contribution in [0.4, 0.5) is 14.9 Å². The number of amides is 2. The summed E-state index contributed by atoms with van der Waals surface area (Å²) in [4.78, 5) is 27.6. The third kappa shape index (κ3) is 4.70. The topological polar surface area (TPSA) is 62.6 Å². The predicted octanol–water partition coefficient (Wildman–Crippen LogP) is 5.78. The molecule has 0 fully saturated rings. The molecule has 4 aromatic rings. The van der Waals surface area contributed by atoms with Gasteiger partial charge in [0.05, 0.1) is 23.8 Å². The fourth-order valence-corrected chi connectivity index (χ4v) is 3.46. The summed E-state index contributed by atoms with van der Waals surface area (Å²) in [7, 11) is 0. The lowest BCUT2D eigenvalue weighted by molar-refractivity contribution is 0.206. The molecule has 0 aliphatic rings. The van der Waals surface area contributed by atoms with Gasteiger partial charge in [-0.3, -0.25) is 4.79 Å². The number of para-hydroxylation sites is 1. The van der Waals surface area contributed by atoms with Gasteiger partial charge in [0, 0.05) is 12.2 Å². The summed E-state index contributed by atoms with van der Waals surface area (Å²) in [5.41, 5.74) is 4.25. The van der Waals surface area contributed by atoms with E-state index in [1.54, 1.807) is 36.4 Å². The number of urea groups is 1. The number of hydrogen-bond donors (Lipinski definition) is 1. The van der Waals surface area contributed by atoms with Gasteiger partial charge in [0.15, 0.2) is 5.43 Å². The van der Waals surface area contributed by atoms with Crippen LogP contribution in [0.1, 0.15) is 22.3 Å². The first-order valence-electron chi connectivity index (χ1n) is 10.3. The van der Waals surface area contributed by atoms with Crippen LogP contribution in [0.25, 0.3) is 11.0 Å². The molecule has 4 rings (SSSR count). The second-order valence-electron chi connectivity index (χ2n) is 7.80. The van der Waals surface area contributed by atoms with Crippen molar-refractivity contribution < 1.29 is 13.6 Å². The molecule has 0 saturated carbocycles. The van der Waals surface area contributed by atoms with Crippen LogP contribution in [0.3, 0.4) is 0 Å². The highest BCUT2D eigenvalue weighted by atomic mass is 19.1. The van der Waals surface area contributed by atoms with Crippen molar-refractivity contribution in [2.24, 2.45) is 0 Å². The number of rotatable bonds is 5. The Hall–Kier alpha value is -3.93. The maximum Gasteiger partial charge on any atom is 0.322 e. The Labute approximate surface area is 185 Å². The van der Waals surface area contributed by atoms with Gasteiger partial charge in [0.1, 0.15) is 11.4 Å². The molecule has 1 N–H and O–H groups in total. The molecule has 0 saturated heterocycles. The zero-order chi connectivity index (χ0) is 22.7. The SMILES string of the molecule is Cc1ccc(NC(=O)N(Cc2ccc(F)cc2)Cc2coc3ccccc3c2=O)cc1C. The first-order chi connectivity index (χ1) is 15.4. The van der Waals surface area contributed by atoms with Crippen LogP contribution in [-0.4, -0.2) is 10.9 Å². The number of nitrogens with one attached hydrogen (secondary N) is 1. The number of carbonyl (C=O) groups excluding carboxylic acids is 1.